The number of para-hydroxylation sites is 1. The number of thiophene rings is 1. The zero-order chi connectivity index (χ0) is 23.4. The number of hydrogen-bond acceptors (Lipinski definition) is 5. The van der Waals surface area contributed by atoms with E-state index in [-0.39, 0.29) is 11.7 Å². The molecule has 0 unspecified atom stereocenters. The molecule has 0 aliphatic carbocycles. The lowest BCUT2D eigenvalue weighted by atomic mass is 10.1. The Kier molecular flexibility index (Phi) is 4.63. The van der Waals surface area contributed by atoms with Crippen molar-refractivity contribution in [2.75, 3.05) is 12.4 Å². The van der Waals surface area contributed by atoms with Gasteiger partial charge in [-0.05, 0) is 49.4 Å². The minimum atomic E-state index is -0.314. The van der Waals surface area contributed by atoms with Crippen molar-refractivity contribution in [3.8, 4) is 11.4 Å². The van der Waals surface area contributed by atoms with Crippen LogP contribution in [-0.4, -0.2) is 22.8 Å². The number of ether oxygens (including phenoxy) is 1. The summed E-state index contributed by atoms with van der Waals surface area (Å²) < 4.78 is 26.6. The van der Waals surface area contributed by atoms with Gasteiger partial charge >= 0.3 is 0 Å². The molecule has 168 valence electrons. The van der Waals surface area contributed by atoms with Crippen LogP contribution in [-0.2, 0) is 0 Å². The van der Waals surface area contributed by atoms with Crippen LogP contribution in [0.2, 0.25) is 0 Å². The van der Waals surface area contributed by atoms with Crippen LogP contribution in [0, 0.1) is 12.7 Å². The van der Waals surface area contributed by atoms with Gasteiger partial charge in [-0.15, -0.1) is 11.3 Å². The molecular formula is C26H18FN3O3S. The average molecular weight is 472 g/mol. The molecule has 0 saturated carbocycles. The van der Waals surface area contributed by atoms with Gasteiger partial charge in [0, 0.05) is 22.2 Å². The monoisotopic (exact) mass is 471 g/mol. The molecule has 0 fully saturated rings. The fourth-order valence-electron chi connectivity index (χ4n) is 4.12. The summed E-state index contributed by atoms with van der Waals surface area (Å²) in [6.07, 6.45) is 0. The second-order valence-corrected chi connectivity index (χ2v) is 8.93. The number of nitrogens with zero attached hydrogens (tertiary/aromatic N) is 2. The number of hydrogen-bond donors (Lipinski definition) is 1. The number of aromatic nitrogens is 2. The molecule has 0 bridgehead atoms. The van der Waals surface area contributed by atoms with Gasteiger partial charge in [-0.2, -0.15) is 5.10 Å². The standard InChI is InChI=1S/C26H18FN3O3S/c1-14-18-12-24(34-26(18)30(29-14)16-9-7-15(27)8-10-16)25(31)28-20-13-22-19(11-23(20)32-2)17-5-3-4-6-21(17)33-22/h3-13H,1-2H3,(H,28,31). The number of anilines is 1. The summed E-state index contributed by atoms with van der Waals surface area (Å²) in [5.41, 5.74) is 3.47. The van der Waals surface area contributed by atoms with Crippen molar-refractivity contribution in [2.24, 2.45) is 0 Å². The van der Waals surface area contributed by atoms with Crippen molar-refractivity contribution >= 4 is 55.1 Å². The fourth-order valence-corrected chi connectivity index (χ4v) is 5.20. The number of amides is 1. The van der Waals surface area contributed by atoms with Crippen LogP contribution in [0.5, 0.6) is 5.75 Å². The van der Waals surface area contributed by atoms with E-state index < -0.39 is 0 Å². The van der Waals surface area contributed by atoms with Crippen molar-refractivity contribution < 1.29 is 18.3 Å². The smallest absolute Gasteiger partial charge is 0.265 e. The van der Waals surface area contributed by atoms with Crippen LogP contribution in [0.25, 0.3) is 37.8 Å². The first-order valence-corrected chi connectivity index (χ1v) is 11.4. The van der Waals surface area contributed by atoms with Gasteiger partial charge in [0.2, 0.25) is 0 Å². The summed E-state index contributed by atoms with van der Waals surface area (Å²) >= 11 is 1.32. The predicted molar refractivity (Wildman–Crippen MR) is 132 cm³/mol. The Balaban J connectivity index is 1.38. The minimum Gasteiger partial charge on any atom is -0.495 e. The summed E-state index contributed by atoms with van der Waals surface area (Å²) in [6, 6.07) is 19.3. The van der Waals surface area contributed by atoms with Gasteiger partial charge in [0.1, 0.15) is 27.6 Å². The van der Waals surface area contributed by atoms with E-state index in [4.69, 9.17) is 9.15 Å². The van der Waals surface area contributed by atoms with Crippen molar-refractivity contribution in [1.82, 2.24) is 9.78 Å². The van der Waals surface area contributed by atoms with Crippen molar-refractivity contribution in [3.05, 3.63) is 83.1 Å². The van der Waals surface area contributed by atoms with Gasteiger partial charge in [-0.25, -0.2) is 9.07 Å². The van der Waals surface area contributed by atoms with Crippen LogP contribution in [0.3, 0.4) is 0 Å². The second kappa shape index (κ2) is 7.71. The Bertz CT molecular complexity index is 1710. The fraction of sp³-hybridized carbons (Fsp3) is 0.0769. The van der Waals surface area contributed by atoms with Crippen molar-refractivity contribution in [3.63, 3.8) is 0 Å². The minimum absolute atomic E-state index is 0.264. The molecule has 0 spiro atoms. The van der Waals surface area contributed by atoms with Crippen LogP contribution in [0.15, 0.2) is 71.1 Å². The lowest BCUT2D eigenvalue weighted by molar-refractivity contribution is 0.103. The lowest BCUT2D eigenvalue weighted by Crippen LogP contribution is -2.11. The molecule has 0 aliphatic heterocycles. The van der Waals surface area contributed by atoms with E-state index in [0.29, 0.717) is 21.9 Å². The van der Waals surface area contributed by atoms with Gasteiger partial charge in [0.15, 0.2) is 0 Å². The van der Waals surface area contributed by atoms with Crippen molar-refractivity contribution in [2.45, 2.75) is 6.92 Å². The third kappa shape index (κ3) is 3.22. The molecule has 1 N–H and O–H groups in total. The number of nitrogens with one attached hydrogen (secondary N) is 1. The Morgan fingerprint density at radius 2 is 1.82 bits per heavy atom. The molecule has 34 heavy (non-hydrogen) atoms. The summed E-state index contributed by atoms with van der Waals surface area (Å²) in [4.78, 5) is 14.5. The van der Waals surface area contributed by atoms with Gasteiger partial charge < -0.3 is 14.5 Å². The van der Waals surface area contributed by atoms with Gasteiger partial charge in [-0.1, -0.05) is 18.2 Å². The molecule has 6 rings (SSSR count). The van der Waals surface area contributed by atoms with E-state index in [2.05, 4.69) is 10.4 Å². The number of carbonyl (C=O) groups excluding carboxylic acids is 1. The van der Waals surface area contributed by atoms with E-state index in [1.165, 1.54) is 23.5 Å². The Hall–Kier alpha value is -4.17. The first-order chi connectivity index (χ1) is 16.5. The molecule has 3 aromatic heterocycles. The van der Waals surface area contributed by atoms with Gasteiger partial charge in [-0.3, -0.25) is 4.79 Å². The Morgan fingerprint density at radius 1 is 1.03 bits per heavy atom. The largest absolute Gasteiger partial charge is 0.495 e. The maximum absolute atomic E-state index is 13.4. The summed E-state index contributed by atoms with van der Waals surface area (Å²) in [6.45, 7) is 1.88. The summed E-state index contributed by atoms with van der Waals surface area (Å²) in [5.74, 6) is -0.0345. The SMILES string of the molecule is COc1cc2c(cc1NC(=O)c1cc3c(C)nn(-c4ccc(F)cc4)c3s1)oc1ccccc12. The highest BCUT2D eigenvalue weighted by Gasteiger charge is 2.19. The maximum atomic E-state index is 13.4. The van der Waals surface area contributed by atoms with Crippen LogP contribution >= 0.6 is 11.3 Å². The molecule has 0 atom stereocenters. The zero-order valence-corrected chi connectivity index (χ0v) is 19.1. The highest BCUT2D eigenvalue weighted by molar-refractivity contribution is 7.20. The Labute approximate surface area is 197 Å². The third-order valence-corrected chi connectivity index (χ3v) is 6.90. The van der Waals surface area contributed by atoms with E-state index >= 15 is 0 Å². The quantitative estimate of drug-likeness (QED) is 0.311. The number of rotatable bonds is 4. The lowest BCUT2D eigenvalue weighted by Gasteiger charge is -2.09. The molecule has 1 amide bonds. The molecule has 0 radical (unpaired) electrons. The van der Waals surface area contributed by atoms with Crippen LogP contribution < -0.4 is 10.1 Å². The molecule has 6 aromatic rings. The Morgan fingerprint density at radius 3 is 2.62 bits per heavy atom. The van der Waals surface area contributed by atoms with E-state index in [1.807, 2.05) is 43.3 Å². The number of furan rings is 1. The number of benzene rings is 3. The highest BCUT2D eigenvalue weighted by Crippen LogP contribution is 2.37. The zero-order valence-electron chi connectivity index (χ0n) is 18.3. The third-order valence-electron chi connectivity index (χ3n) is 5.79. The first-order valence-electron chi connectivity index (χ1n) is 10.6. The van der Waals surface area contributed by atoms with E-state index in [9.17, 15) is 9.18 Å². The van der Waals surface area contributed by atoms with Crippen molar-refractivity contribution in [1.29, 1.82) is 0 Å². The molecule has 0 saturated heterocycles. The molecule has 6 nitrogen and oxygen atoms in total. The van der Waals surface area contributed by atoms with E-state index in [0.717, 1.165) is 38.0 Å². The van der Waals surface area contributed by atoms with E-state index in [1.54, 1.807) is 30.0 Å². The topological polar surface area (TPSA) is 69.3 Å². The normalized spacial score (nSPS) is 11.5. The summed E-state index contributed by atoms with van der Waals surface area (Å²) in [7, 11) is 1.57. The number of halogens is 1. The second-order valence-electron chi connectivity index (χ2n) is 7.90. The highest BCUT2D eigenvalue weighted by atomic mass is 32.1. The number of fused-ring (bicyclic) bond motifs is 4. The van der Waals surface area contributed by atoms with Gasteiger partial charge in [0.05, 0.1) is 29.1 Å². The number of aryl methyl sites for hydroxylation is 1. The molecule has 3 aromatic carbocycles. The molecular weight excluding hydrogens is 453 g/mol. The summed E-state index contributed by atoms with van der Waals surface area (Å²) in [5, 5.41) is 10.3. The average Bonchev–Trinajstić information content (AvgIpc) is 3.52. The first kappa shape index (κ1) is 20.4. The van der Waals surface area contributed by atoms with Crippen LogP contribution in [0.1, 0.15) is 15.4 Å². The predicted octanol–water partition coefficient (Wildman–Crippen LogP) is 6.69. The molecule has 0 aliphatic rings. The number of carbonyl (C=O) groups is 1. The molecule has 3 heterocycles. The number of methoxy groups -OCH3 is 1. The van der Waals surface area contributed by atoms with Gasteiger partial charge in [0.25, 0.3) is 5.91 Å². The van der Waals surface area contributed by atoms with Crippen LogP contribution in [0.4, 0.5) is 10.1 Å². The maximum Gasteiger partial charge on any atom is 0.265 e. The molecule has 8 heteroatoms.